The summed E-state index contributed by atoms with van der Waals surface area (Å²) in [6.45, 7) is 3.48. The van der Waals surface area contributed by atoms with Crippen LogP contribution in [0.15, 0.2) is 52.1 Å². The van der Waals surface area contributed by atoms with Crippen molar-refractivity contribution in [3.05, 3.63) is 59.8 Å². The summed E-state index contributed by atoms with van der Waals surface area (Å²) in [6.07, 6.45) is 2.65. The van der Waals surface area contributed by atoms with E-state index in [4.69, 9.17) is 4.42 Å². The minimum Gasteiger partial charge on any atom is -0.467 e. The second kappa shape index (κ2) is 7.70. The number of furan rings is 1. The van der Waals surface area contributed by atoms with Gasteiger partial charge in [0, 0.05) is 12.0 Å². The van der Waals surface area contributed by atoms with Gasteiger partial charge in [0.2, 0.25) is 0 Å². The highest BCUT2D eigenvalue weighted by molar-refractivity contribution is 5.79. The summed E-state index contributed by atoms with van der Waals surface area (Å²) >= 11 is 0. The van der Waals surface area contributed by atoms with Crippen LogP contribution in [-0.4, -0.2) is 30.7 Å². The first-order valence-corrected chi connectivity index (χ1v) is 8.63. The maximum Gasteiger partial charge on any atom is 0.191 e. The van der Waals surface area contributed by atoms with E-state index in [0.717, 1.165) is 18.4 Å². The fourth-order valence-electron chi connectivity index (χ4n) is 2.90. The van der Waals surface area contributed by atoms with Crippen molar-refractivity contribution >= 4 is 5.96 Å². The third-order valence-electron chi connectivity index (χ3n) is 4.52. The average Bonchev–Trinajstić information content (AvgIpc) is 3.19. The maximum absolute atomic E-state index is 14.1. The third-order valence-corrected chi connectivity index (χ3v) is 4.52. The molecule has 0 bridgehead atoms. The number of aliphatic imine (C=N–C) groups is 1. The zero-order chi connectivity index (χ0) is 17.7. The summed E-state index contributed by atoms with van der Waals surface area (Å²) in [6, 6.07) is 10.4. The standard InChI is InChI=1S/C19H24FN3O2/c1-2-21-18(22-12-16(24)17-8-5-11-25-17)23-13-19(9-10-19)14-6-3-4-7-15(14)20/h3-8,11,16,24H,2,9-10,12-13H2,1H3,(H2,21,22,23). The Hall–Kier alpha value is -2.34. The van der Waals surface area contributed by atoms with Crippen LogP contribution in [0, 0.1) is 5.82 Å². The van der Waals surface area contributed by atoms with Crippen molar-refractivity contribution in [1.82, 2.24) is 10.6 Å². The fourth-order valence-corrected chi connectivity index (χ4v) is 2.90. The summed E-state index contributed by atoms with van der Waals surface area (Å²) in [5, 5.41) is 16.4. The van der Waals surface area contributed by atoms with E-state index in [-0.39, 0.29) is 17.8 Å². The Labute approximate surface area is 147 Å². The Balaban J connectivity index is 1.63. The molecule has 1 aliphatic rings. The molecule has 0 saturated heterocycles. The van der Waals surface area contributed by atoms with Crippen molar-refractivity contribution in [2.24, 2.45) is 4.99 Å². The van der Waals surface area contributed by atoms with E-state index in [0.29, 0.717) is 24.8 Å². The summed E-state index contributed by atoms with van der Waals surface area (Å²) in [5.74, 6) is 0.950. The van der Waals surface area contributed by atoms with Crippen LogP contribution < -0.4 is 10.6 Å². The van der Waals surface area contributed by atoms with Crippen molar-refractivity contribution in [1.29, 1.82) is 0 Å². The molecule has 1 saturated carbocycles. The van der Waals surface area contributed by atoms with Gasteiger partial charge >= 0.3 is 0 Å². The summed E-state index contributed by atoms with van der Waals surface area (Å²) in [7, 11) is 0. The van der Waals surface area contributed by atoms with Crippen molar-refractivity contribution in [3.8, 4) is 0 Å². The lowest BCUT2D eigenvalue weighted by molar-refractivity contribution is 0.153. The van der Waals surface area contributed by atoms with Gasteiger partial charge in [-0.3, -0.25) is 4.99 Å². The molecule has 5 nitrogen and oxygen atoms in total. The Morgan fingerprint density at radius 2 is 2.08 bits per heavy atom. The van der Waals surface area contributed by atoms with Gasteiger partial charge in [-0.15, -0.1) is 0 Å². The zero-order valence-corrected chi connectivity index (χ0v) is 14.3. The van der Waals surface area contributed by atoms with Gasteiger partial charge < -0.3 is 20.2 Å². The number of guanidine groups is 1. The number of rotatable bonds is 7. The van der Waals surface area contributed by atoms with Crippen LogP contribution >= 0.6 is 0 Å². The molecule has 2 aromatic rings. The largest absolute Gasteiger partial charge is 0.467 e. The van der Waals surface area contributed by atoms with Crippen molar-refractivity contribution < 1.29 is 13.9 Å². The van der Waals surface area contributed by atoms with Gasteiger partial charge in [-0.25, -0.2) is 4.39 Å². The molecule has 1 aromatic carbocycles. The van der Waals surface area contributed by atoms with Crippen LogP contribution in [0.1, 0.15) is 37.2 Å². The Morgan fingerprint density at radius 3 is 2.72 bits per heavy atom. The predicted octanol–water partition coefficient (Wildman–Crippen LogP) is 2.74. The van der Waals surface area contributed by atoms with Gasteiger partial charge in [0.15, 0.2) is 5.96 Å². The van der Waals surface area contributed by atoms with E-state index in [2.05, 4.69) is 15.6 Å². The lowest BCUT2D eigenvalue weighted by atomic mass is 9.95. The van der Waals surface area contributed by atoms with Crippen LogP contribution in [0.5, 0.6) is 0 Å². The number of hydrogen-bond acceptors (Lipinski definition) is 3. The molecule has 1 atom stereocenters. The minimum absolute atomic E-state index is 0.165. The molecule has 1 heterocycles. The van der Waals surface area contributed by atoms with Gasteiger partial charge in [0.25, 0.3) is 0 Å². The number of nitrogens with zero attached hydrogens (tertiary/aromatic N) is 1. The fraction of sp³-hybridized carbons (Fsp3) is 0.421. The molecule has 1 unspecified atom stereocenters. The van der Waals surface area contributed by atoms with E-state index < -0.39 is 6.10 Å². The van der Waals surface area contributed by atoms with Gasteiger partial charge in [0.1, 0.15) is 17.7 Å². The van der Waals surface area contributed by atoms with E-state index in [1.165, 1.54) is 12.3 Å². The molecule has 25 heavy (non-hydrogen) atoms. The molecule has 0 amide bonds. The van der Waals surface area contributed by atoms with Crippen molar-refractivity contribution in [3.63, 3.8) is 0 Å². The molecule has 1 fully saturated rings. The average molecular weight is 345 g/mol. The Kier molecular flexibility index (Phi) is 5.38. The van der Waals surface area contributed by atoms with E-state index >= 15 is 0 Å². The summed E-state index contributed by atoms with van der Waals surface area (Å²) < 4.78 is 19.3. The first-order valence-electron chi connectivity index (χ1n) is 8.63. The highest BCUT2D eigenvalue weighted by atomic mass is 19.1. The van der Waals surface area contributed by atoms with Crippen molar-refractivity contribution in [2.45, 2.75) is 31.3 Å². The minimum atomic E-state index is -0.750. The highest BCUT2D eigenvalue weighted by Crippen LogP contribution is 2.49. The Bertz CT molecular complexity index is 711. The maximum atomic E-state index is 14.1. The lowest BCUT2D eigenvalue weighted by Crippen LogP contribution is -2.40. The van der Waals surface area contributed by atoms with Gasteiger partial charge in [-0.2, -0.15) is 0 Å². The van der Waals surface area contributed by atoms with Crippen LogP contribution in [0.3, 0.4) is 0 Å². The quantitative estimate of drug-likeness (QED) is 0.533. The number of nitrogens with one attached hydrogen (secondary N) is 2. The second-order valence-corrected chi connectivity index (χ2v) is 6.37. The van der Waals surface area contributed by atoms with E-state index in [1.54, 1.807) is 18.2 Å². The third kappa shape index (κ3) is 4.20. The zero-order valence-electron chi connectivity index (χ0n) is 14.3. The molecule has 3 rings (SSSR count). The first-order chi connectivity index (χ1) is 12.1. The molecule has 3 N–H and O–H groups in total. The van der Waals surface area contributed by atoms with E-state index in [1.807, 2.05) is 19.1 Å². The highest BCUT2D eigenvalue weighted by Gasteiger charge is 2.45. The molecule has 1 aromatic heterocycles. The molecule has 0 radical (unpaired) electrons. The first kappa shape index (κ1) is 17.5. The van der Waals surface area contributed by atoms with E-state index in [9.17, 15) is 9.50 Å². The number of aliphatic hydroxyl groups excluding tert-OH is 1. The SMILES string of the molecule is CCNC(=NCC1(c2ccccc2F)CC1)NCC(O)c1ccco1. The van der Waals surface area contributed by atoms with Crippen molar-refractivity contribution in [2.75, 3.05) is 19.6 Å². The number of aliphatic hydroxyl groups is 1. The number of benzene rings is 1. The second-order valence-electron chi connectivity index (χ2n) is 6.37. The molecule has 134 valence electrons. The summed E-state index contributed by atoms with van der Waals surface area (Å²) in [5.41, 5.74) is 0.540. The van der Waals surface area contributed by atoms with Crippen LogP contribution in [0.25, 0.3) is 0 Å². The monoisotopic (exact) mass is 345 g/mol. The normalized spacial score (nSPS) is 17.2. The van der Waals surface area contributed by atoms with Gasteiger partial charge in [0.05, 0.1) is 19.4 Å². The predicted molar refractivity (Wildman–Crippen MR) is 95.0 cm³/mol. The smallest absolute Gasteiger partial charge is 0.191 e. The Morgan fingerprint density at radius 1 is 1.28 bits per heavy atom. The van der Waals surface area contributed by atoms with Gasteiger partial charge in [-0.05, 0) is 43.5 Å². The molecule has 1 aliphatic carbocycles. The topological polar surface area (TPSA) is 69.8 Å². The van der Waals surface area contributed by atoms with Crippen LogP contribution in [0.2, 0.25) is 0 Å². The number of hydrogen-bond donors (Lipinski definition) is 3. The molecule has 6 heteroatoms. The summed E-state index contributed by atoms with van der Waals surface area (Å²) in [4.78, 5) is 4.60. The van der Waals surface area contributed by atoms with Crippen LogP contribution in [0.4, 0.5) is 4.39 Å². The molecular weight excluding hydrogens is 321 g/mol. The molecular formula is C19H24FN3O2. The molecule has 0 spiro atoms. The van der Waals surface area contributed by atoms with Gasteiger partial charge in [-0.1, -0.05) is 18.2 Å². The molecule has 0 aliphatic heterocycles. The van der Waals surface area contributed by atoms with Crippen LogP contribution in [-0.2, 0) is 5.41 Å². The lowest BCUT2D eigenvalue weighted by Gasteiger charge is -2.17. The number of halogens is 1.